The van der Waals surface area contributed by atoms with Crippen molar-refractivity contribution < 1.29 is 17.9 Å². The van der Waals surface area contributed by atoms with Crippen molar-refractivity contribution in [2.24, 2.45) is 5.14 Å². The summed E-state index contributed by atoms with van der Waals surface area (Å²) in [6.45, 7) is 3.68. The number of aromatic nitrogens is 3. The summed E-state index contributed by atoms with van der Waals surface area (Å²) < 4.78 is 30.1. The maximum absolute atomic E-state index is 12.5. The lowest BCUT2D eigenvalue weighted by Crippen LogP contribution is -2.36. The highest BCUT2D eigenvalue weighted by atomic mass is 32.2. The minimum Gasteiger partial charge on any atom is -0.379 e. The summed E-state index contributed by atoms with van der Waals surface area (Å²) >= 11 is 1.28. The molecule has 10 nitrogen and oxygen atoms in total. The summed E-state index contributed by atoms with van der Waals surface area (Å²) in [5, 5.41) is 17.2. The molecular weight excluding hydrogens is 464 g/mol. The average molecular weight is 489 g/mol. The largest absolute Gasteiger partial charge is 0.379 e. The van der Waals surface area contributed by atoms with Gasteiger partial charge >= 0.3 is 0 Å². The first-order chi connectivity index (χ1) is 15.9. The number of carbonyl (C=O) groups is 1. The topological polar surface area (TPSA) is 132 Å². The van der Waals surface area contributed by atoms with E-state index in [2.05, 4.69) is 20.4 Å². The van der Waals surface area contributed by atoms with E-state index >= 15 is 0 Å². The Morgan fingerprint density at radius 1 is 1.06 bits per heavy atom. The fraction of sp³-hybridized carbons (Fsp3) is 0.286. The van der Waals surface area contributed by atoms with E-state index in [4.69, 9.17) is 9.88 Å². The lowest BCUT2D eigenvalue weighted by Gasteiger charge is -2.26. The number of para-hydroxylation sites is 1. The minimum absolute atomic E-state index is 0.0152. The van der Waals surface area contributed by atoms with Crippen LogP contribution in [-0.4, -0.2) is 66.0 Å². The molecule has 0 unspecified atom stereocenters. The van der Waals surface area contributed by atoms with Gasteiger partial charge in [0, 0.05) is 24.5 Å². The van der Waals surface area contributed by atoms with Gasteiger partial charge in [-0.1, -0.05) is 30.0 Å². The fourth-order valence-electron chi connectivity index (χ4n) is 3.35. The predicted octanol–water partition coefficient (Wildman–Crippen LogP) is 1.48. The third-order valence-corrected chi connectivity index (χ3v) is 6.84. The number of anilines is 1. The smallest absolute Gasteiger partial charge is 0.238 e. The van der Waals surface area contributed by atoms with E-state index in [-0.39, 0.29) is 16.6 Å². The van der Waals surface area contributed by atoms with E-state index in [1.165, 1.54) is 36.0 Å². The molecule has 0 atom stereocenters. The molecule has 2 aromatic carbocycles. The second-order valence-corrected chi connectivity index (χ2v) is 9.87. The van der Waals surface area contributed by atoms with Gasteiger partial charge < -0.3 is 10.1 Å². The van der Waals surface area contributed by atoms with E-state index in [9.17, 15) is 13.2 Å². The van der Waals surface area contributed by atoms with Crippen molar-refractivity contribution in [3.8, 4) is 5.69 Å². The summed E-state index contributed by atoms with van der Waals surface area (Å²) in [7, 11) is -3.78. The normalized spacial score (nSPS) is 14.8. The number of rotatable bonds is 8. The molecule has 0 aliphatic carbocycles. The van der Waals surface area contributed by atoms with E-state index < -0.39 is 10.0 Å². The van der Waals surface area contributed by atoms with Gasteiger partial charge in [0.2, 0.25) is 15.9 Å². The quantitative estimate of drug-likeness (QED) is 0.456. The molecule has 0 saturated carbocycles. The molecule has 1 aliphatic rings. The number of amides is 1. The van der Waals surface area contributed by atoms with Crippen LogP contribution in [0.4, 0.5) is 5.69 Å². The Hall–Kier alpha value is -2.77. The molecule has 1 aromatic heterocycles. The first kappa shape index (κ1) is 23.4. The van der Waals surface area contributed by atoms with Crippen LogP contribution in [0.5, 0.6) is 0 Å². The molecule has 0 bridgehead atoms. The van der Waals surface area contributed by atoms with Crippen molar-refractivity contribution in [1.29, 1.82) is 0 Å². The van der Waals surface area contributed by atoms with Crippen molar-refractivity contribution in [3.05, 3.63) is 60.4 Å². The van der Waals surface area contributed by atoms with Gasteiger partial charge in [-0.15, -0.1) is 10.2 Å². The maximum atomic E-state index is 12.5. The van der Waals surface area contributed by atoms with E-state index in [1.807, 2.05) is 34.9 Å². The van der Waals surface area contributed by atoms with Crippen molar-refractivity contribution in [2.75, 3.05) is 37.4 Å². The maximum Gasteiger partial charge on any atom is 0.238 e. The van der Waals surface area contributed by atoms with Gasteiger partial charge in [-0.3, -0.25) is 14.3 Å². The summed E-state index contributed by atoms with van der Waals surface area (Å²) in [4.78, 5) is 14.7. The molecule has 12 heteroatoms. The molecule has 1 aliphatic heterocycles. The molecule has 33 heavy (non-hydrogen) atoms. The van der Waals surface area contributed by atoms with Gasteiger partial charge in [0.05, 0.1) is 30.4 Å². The number of ether oxygens (including phenoxy) is 1. The second kappa shape index (κ2) is 10.4. The van der Waals surface area contributed by atoms with Gasteiger partial charge in [-0.2, -0.15) is 0 Å². The lowest BCUT2D eigenvalue weighted by molar-refractivity contribution is -0.113. The van der Waals surface area contributed by atoms with Crippen LogP contribution in [0.15, 0.2) is 64.6 Å². The number of hydrogen-bond acceptors (Lipinski definition) is 8. The summed E-state index contributed by atoms with van der Waals surface area (Å²) in [6, 6.07) is 15.5. The zero-order valence-corrected chi connectivity index (χ0v) is 19.4. The highest BCUT2D eigenvalue weighted by Crippen LogP contribution is 2.23. The van der Waals surface area contributed by atoms with Crippen molar-refractivity contribution in [3.63, 3.8) is 0 Å². The minimum atomic E-state index is -3.78. The number of nitrogens with one attached hydrogen (secondary N) is 1. The number of carbonyl (C=O) groups excluding carboxylic acids is 1. The SMILES string of the molecule is NS(=O)(=O)c1ccc(NC(=O)CSc2nnc(CN3CCOCC3)n2-c2ccccc2)cc1. The Labute approximate surface area is 196 Å². The lowest BCUT2D eigenvalue weighted by atomic mass is 10.3. The van der Waals surface area contributed by atoms with Crippen LogP contribution in [0.3, 0.4) is 0 Å². The number of hydrogen-bond donors (Lipinski definition) is 2. The zero-order chi connectivity index (χ0) is 23.3. The Morgan fingerprint density at radius 3 is 2.42 bits per heavy atom. The average Bonchev–Trinajstić information content (AvgIpc) is 3.21. The molecule has 0 radical (unpaired) electrons. The van der Waals surface area contributed by atoms with Crippen LogP contribution in [0.2, 0.25) is 0 Å². The first-order valence-corrected chi connectivity index (χ1v) is 12.8. The molecular formula is C21H24N6O4S2. The standard InChI is InChI=1S/C21H24N6O4S2/c22-33(29,30)18-8-6-16(7-9-18)23-20(28)15-32-21-25-24-19(14-26-10-12-31-13-11-26)27(21)17-4-2-1-3-5-17/h1-9H,10-15H2,(H,23,28)(H2,22,29,30). The molecule has 2 heterocycles. The number of nitrogens with zero attached hydrogens (tertiary/aromatic N) is 4. The number of morpholine rings is 1. The molecule has 174 valence electrons. The molecule has 0 spiro atoms. The first-order valence-electron chi connectivity index (χ1n) is 10.3. The monoisotopic (exact) mass is 488 g/mol. The van der Waals surface area contributed by atoms with Gasteiger partial charge in [0.15, 0.2) is 11.0 Å². The molecule has 1 fully saturated rings. The second-order valence-electron chi connectivity index (χ2n) is 7.36. The number of nitrogens with two attached hydrogens (primary N) is 1. The summed E-state index contributed by atoms with van der Waals surface area (Å²) in [6.07, 6.45) is 0. The van der Waals surface area contributed by atoms with Crippen molar-refractivity contribution in [2.45, 2.75) is 16.6 Å². The predicted molar refractivity (Wildman–Crippen MR) is 125 cm³/mol. The number of primary sulfonamides is 1. The van der Waals surface area contributed by atoms with Gasteiger partial charge in [-0.05, 0) is 36.4 Å². The van der Waals surface area contributed by atoms with Crippen LogP contribution >= 0.6 is 11.8 Å². The van der Waals surface area contributed by atoms with E-state index in [0.717, 1.165) is 24.6 Å². The molecule has 1 saturated heterocycles. The van der Waals surface area contributed by atoms with Crippen LogP contribution < -0.4 is 10.5 Å². The van der Waals surface area contributed by atoms with Crippen LogP contribution in [0, 0.1) is 0 Å². The van der Waals surface area contributed by atoms with Crippen LogP contribution in [-0.2, 0) is 26.1 Å². The third-order valence-electron chi connectivity index (χ3n) is 4.98. The summed E-state index contributed by atoms with van der Waals surface area (Å²) in [5.74, 6) is 0.657. The van der Waals surface area contributed by atoms with E-state index in [0.29, 0.717) is 30.6 Å². The van der Waals surface area contributed by atoms with Crippen molar-refractivity contribution in [1.82, 2.24) is 19.7 Å². The van der Waals surface area contributed by atoms with Gasteiger partial charge in [-0.25, -0.2) is 13.6 Å². The van der Waals surface area contributed by atoms with Crippen molar-refractivity contribution >= 4 is 33.4 Å². The number of benzene rings is 2. The van der Waals surface area contributed by atoms with E-state index in [1.54, 1.807) is 0 Å². The van der Waals surface area contributed by atoms with Crippen LogP contribution in [0.1, 0.15) is 5.82 Å². The molecule has 3 N–H and O–H groups in total. The highest BCUT2D eigenvalue weighted by molar-refractivity contribution is 7.99. The molecule has 3 aromatic rings. The highest BCUT2D eigenvalue weighted by Gasteiger charge is 2.19. The Balaban J connectivity index is 1.45. The Kier molecular flexibility index (Phi) is 7.40. The van der Waals surface area contributed by atoms with Gasteiger partial charge in [0.1, 0.15) is 0 Å². The van der Waals surface area contributed by atoms with Gasteiger partial charge in [0.25, 0.3) is 0 Å². The fourth-order valence-corrected chi connectivity index (χ4v) is 4.63. The Bertz CT molecular complexity index is 1190. The Morgan fingerprint density at radius 2 is 1.76 bits per heavy atom. The summed E-state index contributed by atoms with van der Waals surface area (Å²) in [5.41, 5.74) is 1.40. The number of sulfonamides is 1. The molecule has 4 rings (SSSR count). The molecule has 1 amide bonds. The van der Waals surface area contributed by atoms with Crippen LogP contribution in [0.25, 0.3) is 5.69 Å². The zero-order valence-electron chi connectivity index (χ0n) is 17.8. The number of thioether (sulfide) groups is 1. The third kappa shape index (κ3) is 6.18.